The maximum atomic E-state index is 10.1. The Morgan fingerprint density at radius 2 is 2.04 bits per heavy atom. The summed E-state index contributed by atoms with van der Waals surface area (Å²) in [4.78, 5) is 2.07. The Morgan fingerprint density at radius 1 is 1.25 bits per heavy atom. The second kappa shape index (κ2) is 11.7. The monoisotopic (exact) mass is 337 g/mol. The van der Waals surface area contributed by atoms with E-state index < -0.39 is 6.10 Å². The molecule has 134 valence electrons. The molecule has 0 amide bonds. The number of ether oxygens (including phenoxy) is 4. The van der Waals surface area contributed by atoms with Crippen LogP contribution < -0.4 is 9.47 Å². The highest BCUT2D eigenvalue weighted by Crippen LogP contribution is 2.31. The molecule has 0 aliphatic heterocycles. The van der Waals surface area contributed by atoms with Gasteiger partial charge in [0, 0.05) is 32.3 Å². The molecular weight excluding hydrogens is 310 g/mol. The molecule has 6 heteroatoms. The van der Waals surface area contributed by atoms with Crippen LogP contribution in [-0.2, 0) is 16.0 Å². The van der Waals surface area contributed by atoms with Crippen LogP contribution in [0.15, 0.2) is 18.2 Å². The Morgan fingerprint density at radius 3 is 2.67 bits per heavy atom. The van der Waals surface area contributed by atoms with E-state index in [9.17, 15) is 5.11 Å². The van der Waals surface area contributed by atoms with Crippen molar-refractivity contribution in [3.63, 3.8) is 0 Å². The minimum atomic E-state index is -0.633. The van der Waals surface area contributed by atoms with Crippen LogP contribution in [0, 0.1) is 12.3 Å². The van der Waals surface area contributed by atoms with E-state index in [1.54, 1.807) is 21.3 Å². The second-order valence-electron chi connectivity index (χ2n) is 5.25. The number of rotatable bonds is 12. The third-order valence-corrected chi connectivity index (χ3v) is 3.45. The number of para-hydroxylation sites is 1. The molecule has 0 aliphatic rings. The predicted octanol–water partition coefficient (Wildman–Crippen LogP) is 1.16. The summed E-state index contributed by atoms with van der Waals surface area (Å²) in [6.45, 7) is 2.65. The highest BCUT2D eigenvalue weighted by molar-refractivity contribution is 5.46. The lowest BCUT2D eigenvalue weighted by Crippen LogP contribution is -2.36. The van der Waals surface area contributed by atoms with E-state index in [0.717, 1.165) is 5.56 Å². The van der Waals surface area contributed by atoms with Crippen molar-refractivity contribution in [3.8, 4) is 23.8 Å². The number of benzene rings is 1. The van der Waals surface area contributed by atoms with Gasteiger partial charge in [-0.2, -0.15) is 0 Å². The Hall–Kier alpha value is -1.78. The van der Waals surface area contributed by atoms with Crippen molar-refractivity contribution < 1.29 is 24.1 Å². The molecule has 0 fully saturated rings. The van der Waals surface area contributed by atoms with Gasteiger partial charge in [-0.25, -0.2) is 0 Å². The zero-order valence-corrected chi connectivity index (χ0v) is 14.7. The quantitative estimate of drug-likeness (QED) is 0.456. The molecule has 0 aromatic heterocycles. The van der Waals surface area contributed by atoms with E-state index in [1.807, 2.05) is 18.2 Å². The van der Waals surface area contributed by atoms with E-state index in [-0.39, 0.29) is 13.2 Å². The number of methoxy groups -OCH3 is 3. The Bertz CT molecular complexity index is 515. The fourth-order valence-electron chi connectivity index (χ4n) is 2.38. The van der Waals surface area contributed by atoms with Crippen LogP contribution in [0.1, 0.15) is 5.56 Å². The van der Waals surface area contributed by atoms with Crippen molar-refractivity contribution >= 4 is 0 Å². The molecule has 1 aromatic rings. The first-order valence-electron chi connectivity index (χ1n) is 7.76. The average Bonchev–Trinajstić information content (AvgIpc) is 2.59. The first-order chi connectivity index (χ1) is 11.7. The van der Waals surface area contributed by atoms with Crippen molar-refractivity contribution in [1.82, 2.24) is 4.90 Å². The lowest BCUT2D eigenvalue weighted by Gasteiger charge is -2.25. The minimum absolute atomic E-state index is 0.193. The van der Waals surface area contributed by atoms with Crippen molar-refractivity contribution in [2.75, 3.05) is 54.2 Å². The summed E-state index contributed by atoms with van der Waals surface area (Å²) in [7, 11) is 4.87. The first-order valence-corrected chi connectivity index (χ1v) is 7.76. The molecule has 0 heterocycles. The van der Waals surface area contributed by atoms with Gasteiger partial charge in [0.1, 0.15) is 6.61 Å². The van der Waals surface area contributed by atoms with E-state index in [2.05, 4.69) is 10.8 Å². The fraction of sp³-hybridized carbons (Fsp3) is 0.556. The van der Waals surface area contributed by atoms with Crippen LogP contribution in [-0.4, -0.2) is 70.3 Å². The fourth-order valence-corrected chi connectivity index (χ4v) is 2.38. The molecule has 0 saturated carbocycles. The van der Waals surface area contributed by atoms with Crippen LogP contribution in [0.25, 0.3) is 0 Å². The van der Waals surface area contributed by atoms with Crippen molar-refractivity contribution in [2.24, 2.45) is 0 Å². The second-order valence-corrected chi connectivity index (χ2v) is 5.25. The van der Waals surface area contributed by atoms with Gasteiger partial charge in [-0.3, -0.25) is 4.90 Å². The molecule has 24 heavy (non-hydrogen) atoms. The number of aliphatic hydroxyl groups is 1. The summed E-state index contributed by atoms with van der Waals surface area (Å²) in [5, 5.41) is 10.1. The molecule has 6 nitrogen and oxygen atoms in total. The van der Waals surface area contributed by atoms with E-state index in [0.29, 0.717) is 37.7 Å². The van der Waals surface area contributed by atoms with Gasteiger partial charge in [-0.15, -0.1) is 6.42 Å². The van der Waals surface area contributed by atoms with Crippen LogP contribution in [0.3, 0.4) is 0 Å². The molecule has 1 aromatic carbocycles. The van der Waals surface area contributed by atoms with E-state index >= 15 is 0 Å². The number of hydrogen-bond donors (Lipinski definition) is 1. The summed E-state index contributed by atoms with van der Waals surface area (Å²) in [5.41, 5.74) is 0.977. The largest absolute Gasteiger partial charge is 0.493 e. The predicted molar refractivity (Wildman–Crippen MR) is 92.4 cm³/mol. The lowest BCUT2D eigenvalue weighted by molar-refractivity contribution is 0.0206. The Balaban J connectivity index is 2.77. The van der Waals surface area contributed by atoms with Crippen LogP contribution in [0.4, 0.5) is 0 Å². The SMILES string of the molecule is C#CCOCC(O)CN(CCOC)Cc1cccc(OC)c1OC. The molecular formula is C18H27NO5. The van der Waals surface area contributed by atoms with Gasteiger partial charge >= 0.3 is 0 Å². The first kappa shape index (κ1) is 20.3. The molecule has 0 saturated heterocycles. The molecule has 1 N–H and O–H groups in total. The topological polar surface area (TPSA) is 60.4 Å². The third-order valence-electron chi connectivity index (χ3n) is 3.45. The maximum absolute atomic E-state index is 10.1. The highest BCUT2D eigenvalue weighted by atomic mass is 16.5. The summed E-state index contributed by atoms with van der Waals surface area (Å²) >= 11 is 0. The summed E-state index contributed by atoms with van der Waals surface area (Å²) in [6.07, 6.45) is 4.50. The molecule has 1 rings (SSSR count). The van der Waals surface area contributed by atoms with E-state index in [4.69, 9.17) is 25.4 Å². The zero-order valence-electron chi connectivity index (χ0n) is 14.7. The van der Waals surface area contributed by atoms with E-state index in [1.165, 1.54) is 0 Å². The number of terminal acetylenes is 1. The highest BCUT2D eigenvalue weighted by Gasteiger charge is 2.16. The van der Waals surface area contributed by atoms with Gasteiger partial charge in [-0.1, -0.05) is 18.1 Å². The summed E-state index contributed by atoms with van der Waals surface area (Å²) < 4.78 is 21.1. The van der Waals surface area contributed by atoms with Crippen LogP contribution >= 0.6 is 0 Å². The summed E-state index contributed by atoms with van der Waals surface area (Å²) in [5.74, 6) is 3.76. The van der Waals surface area contributed by atoms with Gasteiger partial charge in [0.05, 0.1) is 33.5 Å². The minimum Gasteiger partial charge on any atom is -0.493 e. The summed E-state index contributed by atoms with van der Waals surface area (Å²) in [6, 6.07) is 5.74. The zero-order chi connectivity index (χ0) is 17.8. The number of hydrogen-bond acceptors (Lipinski definition) is 6. The Kier molecular flexibility index (Phi) is 9.89. The normalized spacial score (nSPS) is 12.0. The Labute approximate surface area is 144 Å². The maximum Gasteiger partial charge on any atom is 0.165 e. The smallest absolute Gasteiger partial charge is 0.165 e. The number of nitrogens with zero attached hydrogens (tertiary/aromatic N) is 1. The van der Waals surface area contributed by atoms with Crippen LogP contribution in [0.2, 0.25) is 0 Å². The van der Waals surface area contributed by atoms with Gasteiger partial charge in [0.15, 0.2) is 11.5 Å². The lowest BCUT2D eigenvalue weighted by atomic mass is 10.1. The van der Waals surface area contributed by atoms with Gasteiger partial charge in [-0.05, 0) is 6.07 Å². The molecule has 0 spiro atoms. The molecule has 0 bridgehead atoms. The molecule has 0 aliphatic carbocycles. The third kappa shape index (κ3) is 6.77. The standard InChI is InChI=1S/C18H27NO5/c1-5-10-24-14-16(20)13-19(9-11-21-2)12-15-7-6-8-17(22-3)18(15)23-4/h1,6-8,16,20H,9-14H2,2-4H3. The van der Waals surface area contributed by atoms with Gasteiger partial charge < -0.3 is 24.1 Å². The van der Waals surface area contributed by atoms with Crippen molar-refractivity contribution in [3.05, 3.63) is 23.8 Å². The molecule has 1 unspecified atom stereocenters. The molecule has 0 radical (unpaired) electrons. The average molecular weight is 337 g/mol. The number of aliphatic hydroxyl groups excluding tert-OH is 1. The van der Waals surface area contributed by atoms with Crippen molar-refractivity contribution in [2.45, 2.75) is 12.6 Å². The van der Waals surface area contributed by atoms with Gasteiger partial charge in [0.25, 0.3) is 0 Å². The van der Waals surface area contributed by atoms with Crippen LogP contribution in [0.5, 0.6) is 11.5 Å². The van der Waals surface area contributed by atoms with Gasteiger partial charge in [0.2, 0.25) is 0 Å². The van der Waals surface area contributed by atoms with Crippen molar-refractivity contribution in [1.29, 1.82) is 0 Å². The molecule has 1 atom stereocenters.